The quantitative estimate of drug-likeness (QED) is 0.740. The molecule has 0 bridgehead atoms. The largest absolute Gasteiger partial charge is 0.390 e. The van der Waals surface area contributed by atoms with Gasteiger partial charge in [-0.2, -0.15) is 0 Å². The first-order valence-corrected chi connectivity index (χ1v) is 6.51. The average molecular weight is 254 g/mol. The highest BCUT2D eigenvalue weighted by molar-refractivity contribution is 5.15. The highest BCUT2D eigenvalue weighted by Crippen LogP contribution is 2.02. The zero-order valence-corrected chi connectivity index (χ0v) is 11.2. The number of aliphatic hydroxyl groups is 1. The highest BCUT2D eigenvalue weighted by Gasteiger charge is 2.08. The number of benzene rings is 1. The lowest BCUT2D eigenvalue weighted by Gasteiger charge is -2.22. The maximum absolute atomic E-state index is 12.9. The SMILES string of the molecule is CCN(CC)CC(O)CNCc1cccc(F)c1. The number of hydrogen-bond acceptors (Lipinski definition) is 3. The number of halogens is 1. The lowest BCUT2D eigenvalue weighted by molar-refractivity contribution is 0.116. The van der Waals surface area contributed by atoms with Crippen LogP contribution >= 0.6 is 0 Å². The Bertz CT molecular complexity index is 342. The molecule has 0 aromatic heterocycles. The fourth-order valence-electron chi connectivity index (χ4n) is 1.87. The minimum absolute atomic E-state index is 0.224. The van der Waals surface area contributed by atoms with Gasteiger partial charge in [0.15, 0.2) is 0 Å². The molecule has 1 unspecified atom stereocenters. The summed E-state index contributed by atoms with van der Waals surface area (Å²) in [4.78, 5) is 2.18. The number of aliphatic hydroxyl groups excluding tert-OH is 1. The second-order valence-electron chi connectivity index (χ2n) is 4.40. The Morgan fingerprint density at radius 2 is 2.06 bits per heavy atom. The molecule has 0 saturated carbocycles. The first-order valence-electron chi connectivity index (χ1n) is 6.51. The number of nitrogens with zero attached hydrogens (tertiary/aromatic N) is 1. The Labute approximate surface area is 109 Å². The van der Waals surface area contributed by atoms with Gasteiger partial charge in [-0.1, -0.05) is 26.0 Å². The zero-order valence-electron chi connectivity index (χ0n) is 11.2. The molecule has 18 heavy (non-hydrogen) atoms. The van der Waals surface area contributed by atoms with Crippen LogP contribution in [0.3, 0.4) is 0 Å². The van der Waals surface area contributed by atoms with Crippen LogP contribution in [0.2, 0.25) is 0 Å². The molecule has 0 aliphatic rings. The fourth-order valence-corrected chi connectivity index (χ4v) is 1.87. The zero-order chi connectivity index (χ0) is 13.4. The molecule has 0 heterocycles. The van der Waals surface area contributed by atoms with E-state index in [1.165, 1.54) is 12.1 Å². The molecule has 1 atom stereocenters. The van der Waals surface area contributed by atoms with Gasteiger partial charge in [0.2, 0.25) is 0 Å². The summed E-state index contributed by atoms with van der Waals surface area (Å²) >= 11 is 0. The minimum atomic E-state index is -0.390. The Morgan fingerprint density at radius 1 is 1.33 bits per heavy atom. The predicted molar refractivity (Wildman–Crippen MR) is 71.9 cm³/mol. The number of nitrogens with one attached hydrogen (secondary N) is 1. The molecule has 1 aromatic rings. The van der Waals surface area contributed by atoms with E-state index in [0.717, 1.165) is 18.7 Å². The van der Waals surface area contributed by atoms with E-state index in [-0.39, 0.29) is 5.82 Å². The van der Waals surface area contributed by atoms with Gasteiger partial charge in [0.25, 0.3) is 0 Å². The van der Waals surface area contributed by atoms with Crippen LogP contribution in [-0.4, -0.2) is 42.3 Å². The average Bonchev–Trinajstić information content (AvgIpc) is 2.36. The first kappa shape index (κ1) is 15.1. The summed E-state index contributed by atoms with van der Waals surface area (Å²) in [6.07, 6.45) is -0.390. The van der Waals surface area contributed by atoms with Gasteiger partial charge in [-0.3, -0.25) is 0 Å². The lowest BCUT2D eigenvalue weighted by atomic mass is 10.2. The molecule has 1 rings (SSSR count). The summed E-state index contributed by atoms with van der Waals surface area (Å²) in [6.45, 7) is 7.81. The van der Waals surface area contributed by atoms with Crippen molar-refractivity contribution in [3.8, 4) is 0 Å². The van der Waals surface area contributed by atoms with E-state index in [4.69, 9.17) is 0 Å². The molecule has 0 fully saturated rings. The molecule has 0 amide bonds. The van der Waals surface area contributed by atoms with Gasteiger partial charge in [0.1, 0.15) is 5.82 Å². The third-order valence-corrected chi connectivity index (χ3v) is 2.96. The molecule has 0 aliphatic carbocycles. The molecule has 0 aliphatic heterocycles. The van der Waals surface area contributed by atoms with Crippen LogP contribution in [0.1, 0.15) is 19.4 Å². The molecular weight excluding hydrogens is 231 g/mol. The molecular formula is C14H23FN2O. The van der Waals surface area contributed by atoms with Crippen molar-refractivity contribution < 1.29 is 9.50 Å². The summed E-state index contributed by atoms with van der Waals surface area (Å²) in [7, 11) is 0. The van der Waals surface area contributed by atoms with E-state index >= 15 is 0 Å². The molecule has 102 valence electrons. The third-order valence-electron chi connectivity index (χ3n) is 2.96. The van der Waals surface area contributed by atoms with Crippen molar-refractivity contribution >= 4 is 0 Å². The van der Waals surface area contributed by atoms with Crippen LogP contribution in [-0.2, 0) is 6.54 Å². The molecule has 3 nitrogen and oxygen atoms in total. The normalized spacial score (nSPS) is 12.9. The van der Waals surface area contributed by atoms with Gasteiger partial charge in [-0.15, -0.1) is 0 Å². The van der Waals surface area contributed by atoms with Crippen LogP contribution < -0.4 is 5.32 Å². The van der Waals surface area contributed by atoms with Gasteiger partial charge in [0, 0.05) is 19.6 Å². The van der Waals surface area contributed by atoms with Gasteiger partial charge < -0.3 is 15.3 Å². The van der Waals surface area contributed by atoms with Gasteiger partial charge >= 0.3 is 0 Å². The molecule has 0 saturated heterocycles. The van der Waals surface area contributed by atoms with Crippen molar-refractivity contribution in [3.63, 3.8) is 0 Å². The van der Waals surface area contributed by atoms with Crippen LogP contribution in [0.15, 0.2) is 24.3 Å². The minimum Gasteiger partial charge on any atom is -0.390 e. The second kappa shape index (κ2) is 8.19. The van der Waals surface area contributed by atoms with Crippen molar-refractivity contribution in [1.29, 1.82) is 0 Å². The predicted octanol–water partition coefficient (Wildman–Crippen LogP) is 1.62. The van der Waals surface area contributed by atoms with Crippen molar-refractivity contribution in [2.24, 2.45) is 0 Å². The summed E-state index contributed by atoms with van der Waals surface area (Å²) in [5, 5.41) is 13.0. The Hall–Kier alpha value is -0.970. The lowest BCUT2D eigenvalue weighted by Crippen LogP contribution is -2.38. The Kier molecular flexibility index (Phi) is 6.86. The summed E-state index contributed by atoms with van der Waals surface area (Å²) in [6, 6.07) is 6.49. The summed E-state index contributed by atoms with van der Waals surface area (Å²) in [5.41, 5.74) is 0.894. The van der Waals surface area contributed by atoms with Gasteiger partial charge in [-0.05, 0) is 30.8 Å². The fraction of sp³-hybridized carbons (Fsp3) is 0.571. The standard InChI is InChI=1S/C14H23FN2O/c1-3-17(4-2)11-14(18)10-16-9-12-6-5-7-13(15)8-12/h5-8,14,16,18H,3-4,9-11H2,1-2H3. The van der Waals surface area contributed by atoms with Crippen molar-refractivity contribution in [2.75, 3.05) is 26.2 Å². The van der Waals surface area contributed by atoms with Gasteiger partial charge in [-0.25, -0.2) is 4.39 Å². The number of hydrogen-bond donors (Lipinski definition) is 2. The first-order chi connectivity index (χ1) is 8.65. The van der Waals surface area contributed by atoms with Crippen LogP contribution in [0, 0.1) is 5.82 Å². The summed E-state index contributed by atoms with van der Waals surface area (Å²) < 4.78 is 12.9. The second-order valence-corrected chi connectivity index (χ2v) is 4.40. The molecule has 4 heteroatoms. The maximum atomic E-state index is 12.9. The smallest absolute Gasteiger partial charge is 0.123 e. The highest BCUT2D eigenvalue weighted by atomic mass is 19.1. The van der Waals surface area contributed by atoms with Crippen molar-refractivity contribution in [2.45, 2.75) is 26.5 Å². The third kappa shape index (κ3) is 5.58. The van der Waals surface area contributed by atoms with E-state index in [0.29, 0.717) is 19.6 Å². The Balaban J connectivity index is 2.25. The molecule has 1 aromatic carbocycles. The monoisotopic (exact) mass is 254 g/mol. The van der Waals surface area contributed by atoms with Crippen molar-refractivity contribution in [3.05, 3.63) is 35.6 Å². The summed E-state index contributed by atoms with van der Waals surface area (Å²) in [5.74, 6) is -0.224. The molecule has 2 N–H and O–H groups in total. The van der Waals surface area contributed by atoms with Gasteiger partial charge in [0.05, 0.1) is 6.10 Å². The Morgan fingerprint density at radius 3 is 2.67 bits per heavy atom. The number of likely N-dealkylation sites (N-methyl/N-ethyl adjacent to an activating group) is 1. The van der Waals surface area contributed by atoms with Crippen LogP contribution in [0.4, 0.5) is 4.39 Å². The van der Waals surface area contributed by atoms with E-state index in [9.17, 15) is 9.50 Å². The van der Waals surface area contributed by atoms with E-state index in [2.05, 4.69) is 24.1 Å². The number of rotatable bonds is 8. The molecule has 0 radical (unpaired) electrons. The van der Waals surface area contributed by atoms with Crippen LogP contribution in [0.5, 0.6) is 0 Å². The maximum Gasteiger partial charge on any atom is 0.123 e. The van der Waals surface area contributed by atoms with E-state index < -0.39 is 6.10 Å². The molecule has 0 spiro atoms. The van der Waals surface area contributed by atoms with E-state index in [1.807, 2.05) is 6.07 Å². The van der Waals surface area contributed by atoms with E-state index in [1.54, 1.807) is 6.07 Å². The van der Waals surface area contributed by atoms with Crippen LogP contribution in [0.25, 0.3) is 0 Å². The van der Waals surface area contributed by atoms with Crippen molar-refractivity contribution in [1.82, 2.24) is 10.2 Å². The topological polar surface area (TPSA) is 35.5 Å².